The zero-order valence-corrected chi connectivity index (χ0v) is 13.9. The van der Waals surface area contributed by atoms with Crippen LogP contribution in [0.25, 0.3) is 10.8 Å². The van der Waals surface area contributed by atoms with Gasteiger partial charge in [0.2, 0.25) is 0 Å². The molecule has 0 aliphatic heterocycles. The molecule has 0 spiro atoms. The number of halogens is 2. The van der Waals surface area contributed by atoms with E-state index in [1.807, 2.05) is 0 Å². The average Bonchev–Trinajstić information content (AvgIpc) is 2.46. The summed E-state index contributed by atoms with van der Waals surface area (Å²) in [6, 6.07) is 23.6. The van der Waals surface area contributed by atoms with Crippen LogP contribution in [-0.4, -0.2) is 0 Å². The lowest BCUT2D eigenvalue weighted by Crippen LogP contribution is -1.94. The predicted octanol–water partition coefficient (Wildman–Crippen LogP) is 5.93. The molecule has 0 aliphatic carbocycles. The molecule has 3 aromatic carbocycles. The first-order valence-electron chi connectivity index (χ1n) is 6.13. The summed E-state index contributed by atoms with van der Waals surface area (Å²) in [6.45, 7) is 0. The Morgan fingerprint density at radius 2 is 1.58 bits per heavy atom. The van der Waals surface area contributed by atoms with E-state index < -0.39 is 0 Å². The predicted molar refractivity (Wildman–Crippen MR) is 93.9 cm³/mol. The van der Waals surface area contributed by atoms with Gasteiger partial charge in [-0.3, -0.25) is 0 Å². The molecule has 0 N–H and O–H groups in total. The summed E-state index contributed by atoms with van der Waals surface area (Å²) in [6.07, 6.45) is 0. The number of fused-ring (bicyclic) bond motifs is 1. The summed E-state index contributed by atoms with van der Waals surface area (Å²) in [5, 5.41) is 2.60. The summed E-state index contributed by atoms with van der Waals surface area (Å²) < 4.78 is 1.26. The van der Waals surface area contributed by atoms with E-state index in [1.165, 1.54) is 25.5 Å². The van der Waals surface area contributed by atoms with E-state index in [0.717, 1.165) is 0 Å². The summed E-state index contributed by atoms with van der Waals surface area (Å²) >= 11 is 6.20. The van der Waals surface area contributed by atoms with Gasteiger partial charge in [0.25, 0.3) is 0 Å². The lowest BCUT2D eigenvalue weighted by Gasteiger charge is -2.14. The van der Waals surface area contributed by atoms with Crippen molar-refractivity contribution in [2.24, 2.45) is 0 Å². The molecule has 0 saturated heterocycles. The first-order chi connectivity index (χ1) is 9.25. The number of alkyl halides is 1. The van der Waals surface area contributed by atoms with Gasteiger partial charge in [-0.25, -0.2) is 0 Å². The molecule has 0 fully saturated rings. The van der Waals surface area contributed by atoms with Crippen molar-refractivity contribution in [1.29, 1.82) is 0 Å². The van der Waals surface area contributed by atoms with Gasteiger partial charge < -0.3 is 0 Å². The fourth-order valence-corrected chi connectivity index (χ4v) is 3.57. The SMILES string of the molecule is BrC(c1cccc(I)c1)c1cccc2ccccc12. The summed E-state index contributed by atoms with van der Waals surface area (Å²) in [5.74, 6) is 0. The molecule has 2 heteroatoms. The lowest BCUT2D eigenvalue weighted by atomic mass is 9.98. The molecule has 3 aromatic rings. The van der Waals surface area contributed by atoms with Gasteiger partial charge in [0.05, 0.1) is 4.83 Å². The maximum absolute atomic E-state index is 3.85. The van der Waals surface area contributed by atoms with Gasteiger partial charge >= 0.3 is 0 Å². The molecule has 0 nitrogen and oxygen atoms in total. The van der Waals surface area contributed by atoms with Crippen LogP contribution < -0.4 is 0 Å². The van der Waals surface area contributed by atoms with Crippen molar-refractivity contribution in [2.45, 2.75) is 4.83 Å². The van der Waals surface area contributed by atoms with Gasteiger partial charge in [0.1, 0.15) is 0 Å². The Balaban J connectivity index is 2.14. The van der Waals surface area contributed by atoms with Crippen molar-refractivity contribution in [3.05, 3.63) is 81.4 Å². The van der Waals surface area contributed by atoms with Gasteiger partial charge in [-0.15, -0.1) is 0 Å². The highest BCUT2D eigenvalue weighted by atomic mass is 127. The van der Waals surface area contributed by atoms with Gasteiger partial charge in [0.15, 0.2) is 0 Å². The molecule has 0 radical (unpaired) electrons. The Hall–Kier alpha value is -0.870. The Bertz CT molecular complexity index is 716. The zero-order valence-electron chi connectivity index (χ0n) is 10.2. The topological polar surface area (TPSA) is 0 Å². The number of benzene rings is 3. The molecule has 1 unspecified atom stereocenters. The molecule has 0 amide bonds. The maximum Gasteiger partial charge on any atom is 0.0650 e. The molecule has 0 aromatic heterocycles. The second-order valence-electron chi connectivity index (χ2n) is 4.49. The fourth-order valence-electron chi connectivity index (χ4n) is 2.32. The molecule has 0 aliphatic rings. The van der Waals surface area contributed by atoms with Crippen LogP contribution in [0.3, 0.4) is 0 Å². The van der Waals surface area contributed by atoms with Crippen molar-refractivity contribution in [3.63, 3.8) is 0 Å². The van der Waals surface area contributed by atoms with Crippen molar-refractivity contribution in [3.8, 4) is 0 Å². The standard InChI is InChI=1S/C17H12BrI/c18-17(13-7-3-8-14(19)11-13)16-10-4-6-12-5-1-2-9-15(12)16/h1-11,17H. The van der Waals surface area contributed by atoms with Crippen molar-refractivity contribution in [2.75, 3.05) is 0 Å². The largest absolute Gasteiger partial charge is 0.0786 e. The van der Waals surface area contributed by atoms with Crippen molar-refractivity contribution in [1.82, 2.24) is 0 Å². The third kappa shape index (κ3) is 2.70. The third-order valence-corrected chi connectivity index (χ3v) is 4.93. The Kier molecular flexibility index (Phi) is 3.89. The zero-order chi connectivity index (χ0) is 13.2. The van der Waals surface area contributed by atoms with Crippen LogP contribution in [0.4, 0.5) is 0 Å². The summed E-state index contributed by atoms with van der Waals surface area (Å²) in [4.78, 5) is 0.230. The maximum atomic E-state index is 3.85. The van der Waals surface area contributed by atoms with Gasteiger partial charge in [-0.05, 0) is 56.6 Å². The van der Waals surface area contributed by atoms with E-state index >= 15 is 0 Å². The summed E-state index contributed by atoms with van der Waals surface area (Å²) in [5.41, 5.74) is 2.61. The minimum Gasteiger partial charge on any atom is -0.0786 e. The molecule has 3 rings (SSSR count). The fraction of sp³-hybridized carbons (Fsp3) is 0.0588. The second kappa shape index (κ2) is 5.63. The molecular formula is C17H12BrI. The second-order valence-corrected chi connectivity index (χ2v) is 6.65. The van der Waals surface area contributed by atoms with Crippen LogP contribution in [0.2, 0.25) is 0 Å². The van der Waals surface area contributed by atoms with Crippen molar-refractivity contribution >= 4 is 49.3 Å². The highest BCUT2D eigenvalue weighted by molar-refractivity contribution is 14.1. The van der Waals surface area contributed by atoms with Crippen LogP contribution in [0.1, 0.15) is 16.0 Å². The molecule has 19 heavy (non-hydrogen) atoms. The van der Waals surface area contributed by atoms with Crippen LogP contribution in [0.15, 0.2) is 66.7 Å². The Morgan fingerprint density at radius 3 is 2.42 bits per heavy atom. The Labute approximate surface area is 135 Å². The monoisotopic (exact) mass is 422 g/mol. The van der Waals surface area contributed by atoms with Crippen LogP contribution in [0.5, 0.6) is 0 Å². The molecule has 0 bridgehead atoms. The highest BCUT2D eigenvalue weighted by Crippen LogP contribution is 2.35. The first kappa shape index (κ1) is 13.1. The van der Waals surface area contributed by atoms with E-state index in [1.54, 1.807) is 0 Å². The smallest absolute Gasteiger partial charge is 0.0650 e. The van der Waals surface area contributed by atoms with Crippen LogP contribution >= 0.6 is 38.5 Å². The molecule has 0 heterocycles. The normalized spacial score (nSPS) is 12.5. The van der Waals surface area contributed by atoms with E-state index in [-0.39, 0.29) is 4.83 Å². The molecule has 1 atom stereocenters. The summed E-state index contributed by atoms with van der Waals surface area (Å²) in [7, 11) is 0. The van der Waals surface area contributed by atoms with Crippen molar-refractivity contribution < 1.29 is 0 Å². The third-order valence-electron chi connectivity index (χ3n) is 3.24. The van der Waals surface area contributed by atoms with E-state index in [4.69, 9.17) is 0 Å². The number of rotatable bonds is 2. The number of hydrogen-bond acceptors (Lipinski definition) is 0. The van der Waals surface area contributed by atoms with Gasteiger partial charge in [0, 0.05) is 3.57 Å². The van der Waals surface area contributed by atoms with Gasteiger partial charge in [-0.2, -0.15) is 0 Å². The highest BCUT2D eigenvalue weighted by Gasteiger charge is 2.13. The van der Waals surface area contributed by atoms with E-state index in [2.05, 4.69) is 105 Å². The Morgan fingerprint density at radius 1 is 0.842 bits per heavy atom. The van der Waals surface area contributed by atoms with Gasteiger partial charge in [-0.1, -0.05) is 70.5 Å². The number of hydrogen-bond donors (Lipinski definition) is 0. The minimum atomic E-state index is 0.230. The molecular weight excluding hydrogens is 411 g/mol. The quantitative estimate of drug-likeness (QED) is 0.354. The lowest BCUT2D eigenvalue weighted by molar-refractivity contribution is 1.19. The van der Waals surface area contributed by atoms with E-state index in [0.29, 0.717) is 0 Å². The molecule has 0 saturated carbocycles. The minimum absolute atomic E-state index is 0.230. The van der Waals surface area contributed by atoms with Crippen LogP contribution in [0, 0.1) is 3.57 Å². The average molecular weight is 423 g/mol. The van der Waals surface area contributed by atoms with Crippen LogP contribution in [-0.2, 0) is 0 Å². The molecule has 94 valence electrons. The van der Waals surface area contributed by atoms with E-state index in [9.17, 15) is 0 Å². The first-order valence-corrected chi connectivity index (χ1v) is 8.12.